The van der Waals surface area contributed by atoms with Crippen LogP contribution in [0.5, 0.6) is 0 Å². The minimum Gasteiger partial charge on any atom is -0.481 e. The fraction of sp³-hybridized carbons (Fsp3) is 0.684. The fourth-order valence-corrected chi connectivity index (χ4v) is 7.14. The van der Waals surface area contributed by atoms with Gasteiger partial charge in [-0.3, -0.25) is 9.59 Å². The first-order chi connectivity index (χ1) is 11.3. The summed E-state index contributed by atoms with van der Waals surface area (Å²) in [6, 6.07) is 0. The third-order valence-electron chi connectivity index (χ3n) is 8.02. The molecule has 0 aromatic carbocycles. The Morgan fingerprint density at radius 2 is 2.17 bits per heavy atom. The van der Waals surface area contributed by atoms with E-state index in [1.165, 1.54) is 0 Å². The van der Waals surface area contributed by atoms with Gasteiger partial charge < -0.3 is 14.9 Å². The van der Waals surface area contributed by atoms with Crippen LogP contribution in [0.1, 0.15) is 32.6 Å². The van der Waals surface area contributed by atoms with Crippen LogP contribution in [0.3, 0.4) is 0 Å². The van der Waals surface area contributed by atoms with Crippen molar-refractivity contribution in [1.29, 1.82) is 0 Å². The van der Waals surface area contributed by atoms with Crippen molar-refractivity contribution in [2.75, 3.05) is 0 Å². The van der Waals surface area contributed by atoms with Crippen LogP contribution in [-0.2, 0) is 14.3 Å². The molecule has 128 valence electrons. The standard InChI is InChI=1S/C19H22O5/c1-9-7-18-8-10(9)3-4-11(18)19-6-5-12(20)17(2,16(23)24-19)14(19)13(18)15(21)22/h5-6,10-14,20H,1,3-4,7-8H2,2H3,(H,21,22)/t10-,11-,12-,13-,14-,17-,18+,19-/m0/s1. The number of hydrogen-bond acceptors (Lipinski definition) is 4. The van der Waals surface area contributed by atoms with Crippen LogP contribution in [0.4, 0.5) is 0 Å². The van der Waals surface area contributed by atoms with E-state index in [9.17, 15) is 19.8 Å². The highest BCUT2D eigenvalue weighted by molar-refractivity contribution is 5.86. The van der Waals surface area contributed by atoms with E-state index in [0.717, 1.165) is 24.8 Å². The van der Waals surface area contributed by atoms with Gasteiger partial charge in [0.05, 0.1) is 12.0 Å². The first kappa shape index (κ1) is 14.7. The molecule has 4 fully saturated rings. The monoisotopic (exact) mass is 330 g/mol. The van der Waals surface area contributed by atoms with Crippen molar-refractivity contribution < 1.29 is 24.5 Å². The second-order valence-corrected chi connectivity index (χ2v) is 8.72. The Kier molecular flexibility index (Phi) is 2.42. The SMILES string of the molecule is C=C1C[C@@]23C[C@@H]1CC[C@@H]2[C@]12C=C[C@H](O)[C@](C)(C(=O)O1)[C@@H]2[C@H]3C(=O)O. The van der Waals surface area contributed by atoms with Gasteiger partial charge in [0.25, 0.3) is 0 Å². The average molecular weight is 330 g/mol. The number of hydrogen-bond donors (Lipinski definition) is 2. The summed E-state index contributed by atoms with van der Waals surface area (Å²) in [6.45, 7) is 5.88. The lowest BCUT2D eigenvalue weighted by Gasteiger charge is -2.42. The van der Waals surface area contributed by atoms with Gasteiger partial charge in [-0.1, -0.05) is 18.2 Å². The van der Waals surface area contributed by atoms with Crippen LogP contribution >= 0.6 is 0 Å². The second kappa shape index (κ2) is 3.96. The molecule has 0 amide bonds. The van der Waals surface area contributed by atoms with E-state index in [1.54, 1.807) is 13.0 Å². The fourth-order valence-electron chi connectivity index (χ4n) is 7.14. The number of aliphatic hydroxyl groups is 1. The topological polar surface area (TPSA) is 83.8 Å². The molecule has 0 radical (unpaired) electrons. The maximum atomic E-state index is 12.7. The highest BCUT2D eigenvalue weighted by Crippen LogP contribution is 2.76. The van der Waals surface area contributed by atoms with E-state index in [0.29, 0.717) is 12.3 Å². The smallest absolute Gasteiger partial charge is 0.316 e. The summed E-state index contributed by atoms with van der Waals surface area (Å²) in [4.78, 5) is 25.0. The number of aliphatic hydroxyl groups excluding tert-OH is 1. The van der Waals surface area contributed by atoms with Crippen LogP contribution in [0.2, 0.25) is 0 Å². The number of carbonyl (C=O) groups is 2. The predicted molar refractivity (Wildman–Crippen MR) is 83.7 cm³/mol. The number of carbonyl (C=O) groups excluding carboxylic acids is 1. The van der Waals surface area contributed by atoms with E-state index >= 15 is 0 Å². The Labute approximate surface area is 140 Å². The van der Waals surface area contributed by atoms with Crippen molar-refractivity contribution in [2.24, 2.45) is 34.5 Å². The molecule has 24 heavy (non-hydrogen) atoms. The molecule has 0 unspecified atom stereocenters. The van der Waals surface area contributed by atoms with Crippen LogP contribution < -0.4 is 0 Å². The lowest BCUT2D eigenvalue weighted by molar-refractivity contribution is -0.161. The molecule has 4 aliphatic carbocycles. The van der Waals surface area contributed by atoms with E-state index < -0.39 is 46.3 Å². The maximum absolute atomic E-state index is 12.7. The molecule has 8 atom stereocenters. The molecule has 0 aromatic rings. The molecule has 5 heteroatoms. The van der Waals surface area contributed by atoms with Crippen LogP contribution in [0.15, 0.2) is 24.3 Å². The Morgan fingerprint density at radius 1 is 1.42 bits per heavy atom. The number of ether oxygens (including phenoxy) is 1. The van der Waals surface area contributed by atoms with Gasteiger partial charge in [-0.05, 0) is 50.0 Å². The lowest BCUT2D eigenvalue weighted by atomic mass is 9.61. The van der Waals surface area contributed by atoms with Gasteiger partial charge in [0.15, 0.2) is 0 Å². The van der Waals surface area contributed by atoms with Gasteiger partial charge in [-0.2, -0.15) is 0 Å². The number of rotatable bonds is 1. The Bertz CT molecular complexity index is 725. The Balaban J connectivity index is 1.78. The lowest BCUT2D eigenvalue weighted by Crippen LogP contribution is -2.50. The van der Waals surface area contributed by atoms with Gasteiger partial charge in [0.1, 0.15) is 11.0 Å². The van der Waals surface area contributed by atoms with Crippen LogP contribution in [0.25, 0.3) is 0 Å². The summed E-state index contributed by atoms with van der Waals surface area (Å²) >= 11 is 0. The molecule has 5 nitrogen and oxygen atoms in total. The first-order valence-corrected chi connectivity index (χ1v) is 8.79. The number of allylic oxidation sites excluding steroid dienone is 1. The highest BCUT2D eigenvalue weighted by Gasteiger charge is 2.82. The zero-order valence-corrected chi connectivity index (χ0v) is 13.7. The predicted octanol–water partition coefficient (Wildman–Crippen LogP) is 1.91. The molecule has 3 saturated carbocycles. The molecule has 1 heterocycles. The average Bonchev–Trinajstić information content (AvgIpc) is 2.98. The minimum absolute atomic E-state index is 0.00104. The number of carboxylic acids is 1. The summed E-state index contributed by atoms with van der Waals surface area (Å²) in [5.41, 5.74) is -1.30. The molecule has 4 bridgehead atoms. The zero-order chi connectivity index (χ0) is 17.1. The normalized spacial score (nSPS) is 56.8. The van der Waals surface area contributed by atoms with E-state index in [-0.39, 0.29) is 5.92 Å². The third-order valence-corrected chi connectivity index (χ3v) is 8.02. The molecule has 1 saturated heterocycles. The van der Waals surface area contributed by atoms with Gasteiger partial charge >= 0.3 is 11.9 Å². The van der Waals surface area contributed by atoms with Crippen molar-refractivity contribution in [3.05, 3.63) is 24.3 Å². The summed E-state index contributed by atoms with van der Waals surface area (Å²) in [5, 5.41) is 20.7. The van der Waals surface area contributed by atoms with Crippen molar-refractivity contribution in [2.45, 2.75) is 44.3 Å². The minimum atomic E-state index is -1.18. The van der Waals surface area contributed by atoms with E-state index in [2.05, 4.69) is 6.58 Å². The summed E-state index contributed by atoms with van der Waals surface area (Å²) < 4.78 is 5.92. The molecular formula is C19H22O5. The molecule has 0 aromatic heterocycles. The third kappa shape index (κ3) is 1.25. The number of esters is 1. The quantitative estimate of drug-likeness (QED) is 0.567. The van der Waals surface area contributed by atoms with E-state index in [1.807, 2.05) is 6.08 Å². The molecule has 1 spiro atoms. The second-order valence-electron chi connectivity index (χ2n) is 8.72. The Morgan fingerprint density at radius 3 is 2.88 bits per heavy atom. The van der Waals surface area contributed by atoms with Gasteiger partial charge in [0, 0.05) is 11.8 Å². The number of aliphatic carboxylic acids is 1. The summed E-state index contributed by atoms with van der Waals surface area (Å²) in [7, 11) is 0. The van der Waals surface area contributed by atoms with Crippen LogP contribution in [-0.4, -0.2) is 33.9 Å². The number of carboxylic acid groups (broad SMARTS) is 1. The summed E-state index contributed by atoms with van der Waals surface area (Å²) in [5.74, 6) is -2.12. The van der Waals surface area contributed by atoms with Crippen molar-refractivity contribution in [1.82, 2.24) is 0 Å². The molecule has 1 aliphatic heterocycles. The van der Waals surface area contributed by atoms with Gasteiger partial charge in [0.2, 0.25) is 0 Å². The van der Waals surface area contributed by atoms with Crippen LogP contribution in [0, 0.1) is 34.5 Å². The summed E-state index contributed by atoms with van der Waals surface area (Å²) in [6.07, 6.45) is 5.83. The molecular weight excluding hydrogens is 308 g/mol. The van der Waals surface area contributed by atoms with E-state index in [4.69, 9.17) is 4.74 Å². The van der Waals surface area contributed by atoms with Gasteiger partial charge in [-0.15, -0.1) is 0 Å². The number of fused-ring (bicyclic) bond motifs is 1. The Hall–Kier alpha value is -1.62. The largest absolute Gasteiger partial charge is 0.481 e. The van der Waals surface area contributed by atoms with Gasteiger partial charge in [-0.25, -0.2) is 0 Å². The van der Waals surface area contributed by atoms with Crippen molar-refractivity contribution in [3.63, 3.8) is 0 Å². The van der Waals surface area contributed by atoms with Crippen molar-refractivity contribution in [3.8, 4) is 0 Å². The maximum Gasteiger partial charge on any atom is 0.316 e. The van der Waals surface area contributed by atoms with Crippen molar-refractivity contribution >= 4 is 11.9 Å². The highest BCUT2D eigenvalue weighted by atomic mass is 16.6. The molecule has 5 rings (SSSR count). The molecule has 2 N–H and O–H groups in total. The molecule has 5 aliphatic rings. The zero-order valence-electron chi connectivity index (χ0n) is 13.7. The first-order valence-electron chi connectivity index (χ1n) is 8.79.